The van der Waals surface area contributed by atoms with Crippen molar-refractivity contribution in [3.8, 4) is 0 Å². The summed E-state index contributed by atoms with van der Waals surface area (Å²) in [6, 6.07) is 9.20. The number of nitrogen functional groups attached to an aromatic ring is 1. The van der Waals surface area contributed by atoms with E-state index in [9.17, 15) is 14.7 Å². The average Bonchev–Trinajstić information content (AvgIpc) is 2.83. The molecule has 3 N–H and O–H groups in total. The van der Waals surface area contributed by atoms with Gasteiger partial charge in [-0.1, -0.05) is 30.3 Å². The van der Waals surface area contributed by atoms with E-state index >= 15 is 0 Å². The monoisotopic (exact) mass is 321 g/mol. The van der Waals surface area contributed by atoms with Crippen molar-refractivity contribution in [3.63, 3.8) is 0 Å². The first-order chi connectivity index (χ1) is 10.5. The first-order valence-corrected chi connectivity index (χ1v) is 7.20. The van der Waals surface area contributed by atoms with E-state index < -0.39 is 11.9 Å². The fourth-order valence-electron chi connectivity index (χ4n) is 1.95. The van der Waals surface area contributed by atoms with Gasteiger partial charge in [0.1, 0.15) is 16.5 Å². The van der Waals surface area contributed by atoms with Crippen molar-refractivity contribution in [2.75, 3.05) is 12.8 Å². The number of carboxylic acid groups (broad SMARTS) is 1. The molecule has 0 saturated heterocycles. The van der Waals surface area contributed by atoms with Crippen LogP contribution in [0, 0.1) is 0 Å². The number of anilines is 1. The maximum atomic E-state index is 12.2. The van der Waals surface area contributed by atoms with Gasteiger partial charge in [0.25, 0.3) is 0 Å². The first-order valence-electron chi connectivity index (χ1n) is 6.39. The Bertz CT molecular complexity index is 681. The highest BCUT2D eigenvalue weighted by molar-refractivity contribution is 7.18. The highest BCUT2D eigenvalue weighted by Crippen LogP contribution is 2.32. The normalized spacial score (nSPS) is 10.4. The second kappa shape index (κ2) is 7.06. The zero-order chi connectivity index (χ0) is 16.1. The van der Waals surface area contributed by atoms with Gasteiger partial charge in [0.15, 0.2) is 0 Å². The van der Waals surface area contributed by atoms with E-state index in [0.29, 0.717) is 0 Å². The fraction of sp³-hybridized carbons (Fsp3) is 0.200. The van der Waals surface area contributed by atoms with Crippen molar-refractivity contribution in [2.45, 2.75) is 13.2 Å². The summed E-state index contributed by atoms with van der Waals surface area (Å²) in [4.78, 5) is 23.6. The number of hydrogen-bond donors (Lipinski definition) is 2. The van der Waals surface area contributed by atoms with Crippen LogP contribution in [0.5, 0.6) is 0 Å². The predicted molar refractivity (Wildman–Crippen MR) is 82.0 cm³/mol. The zero-order valence-electron chi connectivity index (χ0n) is 11.9. The second-order valence-corrected chi connectivity index (χ2v) is 5.50. The summed E-state index contributed by atoms with van der Waals surface area (Å²) < 4.78 is 10.2. The van der Waals surface area contributed by atoms with Crippen LogP contribution >= 0.6 is 11.3 Å². The number of thiophene rings is 1. The lowest BCUT2D eigenvalue weighted by Gasteiger charge is -2.06. The van der Waals surface area contributed by atoms with Crippen molar-refractivity contribution >= 4 is 28.3 Å². The van der Waals surface area contributed by atoms with Crippen LogP contribution in [0.15, 0.2) is 30.3 Å². The molecular weight excluding hydrogens is 306 g/mol. The van der Waals surface area contributed by atoms with Crippen molar-refractivity contribution in [1.82, 2.24) is 0 Å². The minimum absolute atomic E-state index is 0.0227. The van der Waals surface area contributed by atoms with Crippen LogP contribution < -0.4 is 5.73 Å². The van der Waals surface area contributed by atoms with Gasteiger partial charge in [-0.15, -0.1) is 11.3 Å². The third-order valence-electron chi connectivity index (χ3n) is 2.93. The minimum Gasteiger partial charge on any atom is -0.478 e. The number of ether oxygens (including phenoxy) is 2. The number of esters is 1. The van der Waals surface area contributed by atoms with E-state index in [-0.39, 0.29) is 34.2 Å². The lowest BCUT2D eigenvalue weighted by Crippen LogP contribution is -2.09. The molecule has 0 fully saturated rings. The van der Waals surface area contributed by atoms with Crippen LogP contribution in [-0.4, -0.2) is 24.2 Å². The summed E-state index contributed by atoms with van der Waals surface area (Å²) in [6.07, 6.45) is 0. The van der Waals surface area contributed by atoms with E-state index in [1.165, 1.54) is 7.11 Å². The van der Waals surface area contributed by atoms with Gasteiger partial charge in [0.2, 0.25) is 0 Å². The Kier molecular flexibility index (Phi) is 5.13. The van der Waals surface area contributed by atoms with Crippen molar-refractivity contribution < 1.29 is 24.2 Å². The number of rotatable bonds is 6. The fourth-order valence-corrected chi connectivity index (χ4v) is 2.91. The van der Waals surface area contributed by atoms with Crippen molar-refractivity contribution in [3.05, 3.63) is 51.9 Å². The predicted octanol–water partition coefficient (Wildman–Crippen LogP) is 2.53. The number of carbonyl (C=O) groups excluding carboxylic acids is 1. The van der Waals surface area contributed by atoms with Crippen LogP contribution in [0.25, 0.3) is 0 Å². The maximum Gasteiger partial charge on any atom is 0.349 e. The summed E-state index contributed by atoms with van der Waals surface area (Å²) >= 11 is 0.895. The molecule has 2 rings (SSSR count). The summed E-state index contributed by atoms with van der Waals surface area (Å²) in [7, 11) is 1.42. The summed E-state index contributed by atoms with van der Waals surface area (Å²) in [6.45, 7) is 0.0808. The number of hydrogen-bond acceptors (Lipinski definition) is 6. The van der Waals surface area contributed by atoms with Gasteiger partial charge in [-0.05, 0) is 5.56 Å². The van der Waals surface area contributed by atoms with Gasteiger partial charge >= 0.3 is 11.9 Å². The number of benzene rings is 1. The SMILES string of the molecule is COCc1c(C(=O)OCc2ccccc2)sc(N)c1C(=O)O. The molecule has 7 heteroatoms. The number of aromatic carboxylic acids is 1. The molecule has 116 valence electrons. The number of methoxy groups -OCH3 is 1. The third kappa shape index (κ3) is 3.44. The Balaban J connectivity index is 2.22. The maximum absolute atomic E-state index is 12.2. The topological polar surface area (TPSA) is 98.9 Å². The number of carboxylic acids is 1. The average molecular weight is 321 g/mol. The van der Waals surface area contributed by atoms with Crippen LogP contribution in [0.3, 0.4) is 0 Å². The molecule has 0 bridgehead atoms. The van der Waals surface area contributed by atoms with Gasteiger partial charge in [-0.2, -0.15) is 0 Å². The van der Waals surface area contributed by atoms with E-state index in [1.807, 2.05) is 30.3 Å². The lowest BCUT2D eigenvalue weighted by atomic mass is 10.1. The summed E-state index contributed by atoms with van der Waals surface area (Å²) in [5.74, 6) is -1.80. The molecule has 0 spiro atoms. The van der Waals surface area contributed by atoms with Crippen LogP contribution in [-0.2, 0) is 22.7 Å². The summed E-state index contributed by atoms with van der Waals surface area (Å²) in [5, 5.41) is 9.26. The molecule has 0 atom stereocenters. The second-order valence-electron chi connectivity index (χ2n) is 4.45. The van der Waals surface area contributed by atoms with Crippen molar-refractivity contribution in [1.29, 1.82) is 0 Å². The largest absolute Gasteiger partial charge is 0.478 e. The highest BCUT2D eigenvalue weighted by Gasteiger charge is 2.26. The number of nitrogens with two attached hydrogens (primary N) is 1. The van der Waals surface area contributed by atoms with Crippen molar-refractivity contribution in [2.24, 2.45) is 0 Å². The van der Waals surface area contributed by atoms with E-state index in [0.717, 1.165) is 16.9 Å². The van der Waals surface area contributed by atoms with Gasteiger partial charge < -0.3 is 20.3 Å². The molecule has 0 saturated carbocycles. The Hall–Kier alpha value is -2.38. The molecule has 6 nitrogen and oxygen atoms in total. The van der Waals surface area contributed by atoms with Crippen LogP contribution in [0.1, 0.15) is 31.2 Å². The smallest absolute Gasteiger partial charge is 0.349 e. The molecule has 22 heavy (non-hydrogen) atoms. The van der Waals surface area contributed by atoms with E-state index in [2.05, 4.69) is 0 Å². The van der Waals surface area contributed by atoms with Gasteiger partial charge in [-0.25, -0.2) is 9.59 Å². The molecule has 0 amide bonds. The zero-order valence-corrected chi connectivity index (χ0v) is 12.7. The van der Waals surface area contributed by atoms with E-state index in [4.69, 9.17) is 15.2 Å². The van der Waals surface area contributed by atoms with Gasteiger partial charge in [0, 0.05) is 12.7 Å². The molecule has 2 aromatic rings. The molecular formula is C15H15NO5S. The quantitative estimate of drug-likeness (QED) is 0.793. The molecule has 0 aliphatic heterocycles. The van der Waals surface area contributed by atoms with Gasteiger partial charge in [-0.3, -0.25) is 0 Å². The van der Waals surface area contributed by atoms with Gasteiger partial charge in [0.05, 0.1) is 12.2 Å². The standard InChI is InChI=1S/C15H15NO5S/c1-20-8-10-11(14(17)18)13(16)22-12(10)15(19)21-7-9-5-3-2-4-6-9/h2-6H,7-8,16H2,1H3,(H,17,18). The minimum atomic E-state index is -1.19. The Morgan fingerprint density at radius 1 is 1.23 bits per heavy atom. The third-order valence-corrected chi connectivity index (χ3v) is 3.98. The molecule has 1 heterocycles. The molecule has 0 radical (unpaired) electrons. The van der Waals surface area contributed by atoms with Crippen LogP contribution in [0.2, 0.25) is 0 Å². The highest BCUT2D eigenvalue weighted by atomic mass is 32.1. The Morgan fingerprint density at radius 3 is 2.50 bits per heavy atom. The lowest BCUT2D eigenvalue weighted by molar-refractivity contribution is 0.0474. The molecule has 0 aliphatic carbocycles. The van der Waals surface area contributed by atoms with E-state index in [1.54, 1.807) is 0 Å². The molecule has 1 aromatic heterocycles. The molecule has 0 unspecified atom stereocenters. The molecule has 1 aromatic carbocycles. The Morgan fingerprint density at radius 2 is 1.91 bits per heavy atom. The van der Waals surface area contributed by atoms with Crippen LogP contribution in [0.4, 0.5) is 5.00 Å². The number of carbonyl (C=O) groups is 2. The molecule has 0 aliphatic rings. The summed E-state index contributed by atoms with van der Waals surface area (Å²) in [5.41, 5.74) is 6.68. The first kappa shape index (κ1) is 16.0. The Labute approximate surface area is 131 Å².